The van der Waals surface area contributed by atoms with Gasteiger partial charge in [-0.3, -0.25) is 9.69 Å². The van der Waals surface area contributed by atoms with Gasteiger partial charge in [-0.15, -0.1) is 23.7 Å². The molecule has 1 heterocycles. The fourth-order valence-corrected chi connectivity index (χ4v) is 3.12. The smallest absolute Gasteiger partial charge is 0.241 e. The Hall–Kier alpha value is -1.63. The molecular weight excluding hydrogens is 344 g/mol. The maximum absolute atomic E-state index is 12.6. The van der Waals surface area contributed by atoms with E-state index in [-0.39, 0.29) is 24.4 Å². The number of nitrogens with one attached hydrogen (secondary N) is 1. The van der Waals surface area contributed by atoms with Gasteiger partial charge in [-0.05, 0) is 38.4 Å². The average Bonchev–Trinajstić information content (AvgIpc) is 2.93. The number of anilines is 2. The van der Waals surface area contributed by atoms with E-state index in [1.54, 1.807) is 6.20 Å². The quantitative estimate of drug-likeness (QED) is 0.781. The molecule has 0 fully saturated rings. The molecule has 1 unspecified atom stereocenters. The summed E-state index contributed by atoms with van der Waals surface area (Å²) in [5.74, 6) is 0.00485. The molecule has 1 aromatic heterocycles. The molecule has 0 saturated heterocycles. The van der Waals surface area contributed by atoms with Crippen LogP contribution in [0.5, 0.6) is 0 Å². The van der Waals surface area contributed by atoms with Crippen molar-refractivity contribution in [2.75, 3.05) is 17.6 Å². The molecule has 5 nitrogen and oxygen atoms in total. The number of para-hydroxylation sites is 1. The third-order valence-corrected chi connectivity index (χ3v) is 4.58. The zero-order valence-corrected chi connectivity index (χ0v) is 15.9. The van der Waals surface area contributed by atoms with Crippen LogP contribution in [0.25, 0.3) is 0 Å². The first-order chi connectivity index (χ1) is 11.0. The Morgan fingerprint density at radius 2 is 2.12 bits per heavy atom. The normalized spacial score (nSPS) is 11.8. The summed E-state index contributed by atoms with van der Waals surface area (Å²) < 4.78 is 0. The second kappa shape index (κ2) is 9.61. The molecule has 2 aromatic rings. The van der Waals surface area contributed by atoms with Gasteiger partial charge in [0.15, 0.2) is 5.13 Å². The number of carbonyl (C=O) groups excluding carboxylic acids is 1. The summed E-state index contributed by atoms with van der Waals surface area (Å²) in [6.45, 7) is 7.57. The van der Waals surface area contributed by atoms with Crippen LogP contribution in [0.4, 0.5) is 10.8 Å². The van der Waals surface area contributed by atoms with Gasteiger partial charge >= 0.3 is 0 Å². The number of nitrogen functional groups attached to an aromatic ring is 1. The lowest BCUT2D eigenvalue weighted by molar-refractivity contribution is -0.121. The molecule has 0 bridgehead atoms. The second-order valence-electron chi connectivity index (χ2n) is 5.62. The standard InChI is InChI=1S/C17H24N4OS.ClH/c1-4-9-21(11-14-10-19-17(18)23-14)13(3)16(22)20-15-8-6-5-7-12(15)2;/h5-8,10,13H,4,9,11H2,1-3H3,(H2,18,19)(H,20,22);1H. The highest BCUT2D eigenvalue weighted by atomic mass is 35.5. The number of amides is 1. The minimum absolute atomic E-state index is 0. The van der Waals surface area contributed by atoms with Crippen molar-refractivity contribution in [3.63, 3.8) is 0 Å². The first-order valence-corrected chi connectivity index (χ1v) is 8.63. The minimum Gasteiger partial charge on any atom is -0.375 e. The van der Waals surface area contributed by atoms with Crippen LogP contribution < -0.4 is 11.1 Å². The molecule has 24 heavy (non-hydrogen) atoms. The topological polar surface area (TPSA) is 71.2 Å². The summed E-state index contributed by atoms with van der Waals surface area (Å²) in [5.41, 5.74) is 7.62. The molecule has 7 heteroatoms. The predicted octanol–water partition coefficient (Wildman–Crippen LogP) is 3.69. The Morgan fingerprint density at radius 1 is 1.42 bits per heavy atom. The molecule has 1 atom stereocenters. The monoisotopic (exact) mass is 368 g/mol. The van der Waals surface area contributed by atoms with Gasteiger partial charge in [0.1, 0.15) is 0 Å². The zero-order chi connectivity index (χ0) is 16.8. The zero-order valence-electron chi connectivity index (χ0n) is 14.3. The van der Waals surface area contributed by atoms with Gasteiger partial charge < -0.3 is 11.1 Å². The molecule has 0 radical (unpaired) electrons. The van der Waals surface area contributed by atoms with E-state index in [0.29, 0.717) is 11.7 Å². The van der Waals surface area contributed by atoms with E-state index in [0.717, 1.165) is 29.1 Å². The minimum atomic E-state index is -0.224. The summed E-state index contributed by atoms with van der Waals surface area (Å²) in [4.78, 5) is 19.9. The Morgan fingerprint density at radius 3 is 2.71 bits per heavy atom. The third kappa shape index (κ3) is 5.47. The van der Waals surface area contributed by atoms with Gasteiger partial charge in [0.25, 0.3) is 0 Å². The molecule has 3 N–H and O–H groups in total. The molecule has 0 aliphatic carbocycles. The van der Waals surface area contributed by atoms with Crippen molar-refractivity contribution in [3.8, 4) is 0 Å². The van der Waals surface area contributed by atoms with Gasteiger partial charge in [0.2, 0.25) is 5.91 Å². The fraction of sp³-hybridized carbons (Fsp3) is 0.412. The molecule has 1 amide bonds. The van der Waals surface area contributed by atoms with Crippen LogP contribution in [-0.4, -0.2) is 28.4 Å². The predicted molar refractivity (Wildman–Crippen MR) is 104 cm³/mol. The number of aromatic nitrogens is 1. The Bertz CT molecular complexity index is 662. The number of nitrogens with zero attached hydrogens (tertiary/aromatic N) is 2. The Balaban J connectivity index is 0.00000288. The summed E-state index contributed by atoms with van der Waals surface area (Å²) in [6.07, 6.45) is 2.77. The van der Waals surface area contributed by atoms with Crippen molar-refractivity contribution in [1.82, 2.24) is 9.88 Å². The number of hydrogen-bond donors (Lipinski definition) is 2. The third-order valence-electron chi connectivity index (χ3n) is 3.77. The van der Waals surface area contributed by atoms with Crippen LogP contribution in [-0.2, 0) is 11.3 Å². The molecule has 132 valence electrons. The Kier molecular flexibility index (Phi) is 8.18. The van der Waals surface area contributed by atoms with Crippen LogP contribution in [0.3, 0.4) is 0 Å². The van der Waals surface area contributed by atoms with Crippen molar-refractivity contribution in [2.45, 2.75) is 39.8 Å². The van der Waals surface area contributed by atoms with Gasteiger partial charge in [0, 0.05) is 23.3 Å². The van der Waals surface area contributed by atoms with E-state index in [1.165, 1.54) is 11.3 Å². The lowest BCUT2D eigenvalue weighted by Gasteiger charge is -2.27. The number of rotatable bonds is 7. The molecule has 0 saturated carbocycles. The fourth-order valence-electron chi connectivity index (χ4n) is 2.41. The van der Waals surface area contributed by atoms with E-state index in [4.69, 9.17) is 5.73 Å². The number of carbonyl (C=O) groups is 1. The Labute approximate surface area is 153 Å². The summed E-state index contributed by atoms with van der Waals surface area (Å²) in [6, 6.07) is 7.58. The highest BCUT2D eigenvalue weighted by molar-refractivity contribution is 7.15. The maximum Gasteiger partial charge on any atom is 0.241 e. The largest absolute Gasteiger partial charge is 0.375 e. The number of thiazole rings is 1. The van der Waals surface area contributed by atoms with Gasteiger partial charge in [-0.1, -0.05) is 25.1 Å². The van der Waals surface area contributed by atoms with E-state index in [9.17, 15) is 4.79 Å². The molecule has 0 aliphatic heterocycles. The van der Waals surface area contributed by atoms with Crippen LogP contribution in [0.2, 0.25) is 0 Å². The van der Waals surface area contributed by atoms with E-state index in [2.05, 4.69) is 22.1 Å². The maximum atomic E-state index is 12.6. The van der Waals surface area contributed by atoms with E-state index < -0.39 is 0 Å². The number of nitrogens with two attached hydrogens (primary N) is 1. The van der Waals surface area contributed by atoms with Crippen molar-refractivity contribution in [3.05, 3.63) is 40.9 Å². The second-order valence-corrected chi connectivity index (χ2v) is 6.76. The molecule has 1 aromatic carbocycles. The number of benzene rings is 1. The van der Waals surface area contributed by atoms with E-state index in [1.807, 2.05) is 38.1 Å². The highest BCUT2D eigenvalue weighted by Gasteiger charge is 2.22. The van der Waals surface area contributed by atoms with Gasteiger partial charge in [0.05, 0.1) is 6.04 Å². The van der Waals surface area contributed by atoms with Crippen LogP contribution in [0.1, 0.15) is 30.7 Å². The average molecular weight is 369 g/mol. The van der Waals surface area contributed by atoms with E-state index >= 15 is 0 Å². The highest BCUT2D eigenvalue weighted by Crippen LogP contribution is 2.19. The van der Waals surface area contributed by atoms with Gasteiger partial charge in [-0.2, -0.15) is 0 Å². The lowest BCUT2D eigenvalue weighted by Crippen LogP contribution is -2.42. The van der Waals surface area contributed by atoms with Crippen LogP contribution in [0, 0.1) is 6.92 Å². The van der Waals surface area contributed by atoms with Crippen molar-refractivity contribution < 1.29 is 4.79 Å². The number of hydrogen-bond acceptors (Lipinski definition) is 5. The summed E-state index contributed by atoms with van der Waals surface area (Å²) in [5, 5.41) is 3.59. The lowest BCUT2D eigenvalue weighted by atomic mass is 10.2. The molecular formula is C17H25ClN4OS. The molecule has 0 spiro atoms. The van der Waals surface area contributed by atoms with Crippen molar-refractivity contribution in [2.24, 2.45) is 0 Å². The number of aryl methyl sites for hydroxylation is 1. The van der Waals surface area contributed by atoms with Gasteiger partial charge in [-0.25, -0.2) is 4.98 Å². The van der Waals surface area contributed by atoms with Crippen LogP contribution >= 0.6 is 23.7 Å². The SMILES string of the molecule is CCCN(Cc1cnc(N)s1)C(C)C(=O)Nc1ccccc1C.Cl. The van der Waals surface area contributed by atoms with Crippen LogP contribution in [0.15, 0.2) is 30.5 Å². The number of halogens is 1. The molecule has 2 rings (SSSR count). The molecule has 0 aliphatic rings. The summed E-state index contributed by atoms with van der Waals surface area (Å²) in [7, 11) is 0. The summed E-state index contributed by atoms with van der Waals surface area (Å²) >= 11 is 1.47. The van der Waals surface area contributed by atoms with Crippen molar-refractivity contribution in [1.29, 1.82) is 0 Å². The first-order valence-electron chi connectivity index (χ1n) is 7.82. The van der Waals surface area contributed by atoms with Crippen molar-refractivity contribution >= 4 is 40.5 Å². The first kappa shape index (κ1) is 20.4.